The van der Waals surface area contributed by atoms with E-state index < -0.39 is 120 Å². The van der Waals surface area contributed by atoms with Crippen LogP contribution in [0.4, 0.5) is 17.5 Å². The molecule has 4 aromatic rings. The Morgan fingerprint density at radius 2 is 1.27 bits per heavy atom. The van der Waals surface area contributed by atoms with Crippen molar-refractivity contribution in [3.05, 3.63) is 58.1 Å². The van der Waals surface area contributed by atoms with Gasteiger partial charge in [-0.15, -0.1) is 0 Å². The van der Waals surface area contributed by atoms with Crippen molar-refractivity contribution in [2.45, 2.75) is 80.2 Å². The van der Waals surface area contributed by atoms with Crippen molar-refractivity contribution in [1.82, 2.24) is 38.6 Å². The summed E-state index contributed by atoms with van der Waals surface area (Å²) in [6.07, 6.45) is -16.7. The number of rotatable bonds is 14. The van der Waals surface area contributed by atoms with Crippen LogP contribution in [0.5, 0.6) is 0 Å². The summed E-state index contributed by atoms with van der Waals surface area (Å²) in [5, 5.41) is 64.3. The zero-order chi connectivity index (χ0) is 42.6. The van der Waals surface area contributed by atoms with Gasteiger partial charge in [0.2, 0.25) is 0 Å². The van der Waals surface area contributed by atoms with E-state index in [4.69, 9.17) is 49.3 Å². The smallest absolute Gasteiger partial charge is 0.388 e. The average Bonchev–Trinajstić information content (AvgIpc) is 3.88. The number of phosphoric ester groups is 2. The Hall–Kier alpha value is -4.39. The fourth-order valence-electron chi connectivity index (χ4n) is 6.33. The molecule has 0 bridgehead atoms. The number of imidazole rings is 1. The van der Waals surface area contributed by atoms with E-state index in [9.17, 15) is 54.3 Å². The summed E-state index contributed by atoms with van der Waals surface area (Å²) < 4.78 is 67.3. The summed E-state index contributed by atoms with van der Waals surface area (Å²) in [6.45, 7) is -1.88. The van der Waals surface area contributed by atoms with E-state index in [0.29, 0.717) is 0 Å². The molecular weight excluding hydrogens is 840 g/mol. The molecule has 7 rings (SSSR count). The Morgan fingerprint density at radius 3 is 1.88 bits per heavy atom. The largest absolute Gasteiger partial charge is 0.486 e. The van der Waals surface area contributed by atoms with Crippen LogP contribution in [0, 0.1) is 0 Å². The standard InChI is InChI=1S/C28H37N11O18P2/c29-12-1-4-37(27(46)35-12)23-17(42)15(40)10(53-23)3-6-51-58(48,49)57-59(50,52-7-11-16(41)18(43)24(54-11)38-5-2-13(30)36-28(38)47)56-26-20(45)19(44)25(55-26)39-9-34-14-21(31)32-8-33-22(14)39/h1-2,4-5,8-11,15-20,23-26,40-45H,3,6-7H2,(H,48,49)(H2,29,35,46)(H2,30,36,47)(H2,31,32,33)/t10-,11-,15-,16-,17-,18-,19-,20+,23-,24-,25-,26-,59?/m1/s1. The highest BCUT2D eigenvalue weighted by atomic mass is 31.3. The molecule has 31 heteroatoms. The number of nitrogens with two attached hydrogens (primary N) is 3. The lowest BCUT2D eigenvalue weighted by Gasteiger charge is -2.25. The maximum Gasteiger partial charge on any atom is 0.486 e. The van der Waals surface area contributed by atoms with E-state index in [1.165, 1.54) is 12.1 Å². The van der Waals surface area contributed by atoms with Gasteiger partial charge in [0.15, 0.2) is 36.4 Å². The highest BCUT2D eigenvalue weighted by Gasteiger charge is 2.52. The van der Waals surface area contributed by atoms with Crippen molar-refractivity contribution < 1.29 is 76.8 Å². The monoisotopic (exact) mass is 877 g/mol. The second-order valence-corrected chi connectivity index (χ2v) is 16.4. The lowest BCUT2D eigenvalue weighted by atomic mass is 10.1. The van der Waals surface area contributed by atoms with E-state index in [1.807, 2.05) is 0 Å². The Morgan fingerprint density at radius 1 is 0.712 bits per heavy atom. The quantitative estimate of drug-likeness (QED) is 0.0534. The number of nitrogens with zero attached hydrogens (tertiary/aromatic N) is 8. The minimum atomic E-state index is -5.62. The van der Waals surface area contributed by atoms with E-state index in [2.05, 4.69) is 24.9 Å². The number of hydrogen-bond donors (Lipinski definition) is 10. The first kappa shape index (κ1) is 42.7. The first-order valence-corrected chi connectivity index (χ1v) is 20.1. The summed E-state index contributed by atoms with van der Waals surface area (Å²) in [5.74, 6) is -0.319. The Bertz CT molecular complexity index is 2390. The average molecular weight is 878 g/mol. The van der Waals surface area contributed by atoms with Crippen LogP contribution < -0.4 is 28.6 Å². The predicted octanol–water partition coefficient (Wildman–Crippen LogP) is -4.43. The SMILES string of the molecule is Nc1ccn([C@@H]2O[C@H](CCOP(=O)(O)OP(=O)(OC[C@H]3O[C@@H](n4ccc(N)nc4=O)[C@H](O)[C@@H]3O)O[C@H]3O[C@@H](n4cnc5c(N)ncnc54)[C@H](O)[C@@H]3O)[C@@H](O)[C@H]2O)c(=O)n1. The molecule has 0 aliphatic carbocycles. The summed E-state index contributed by atoms with van der Waals surface area (Å²) in [7, 11) is -11.2. The molecule has 3 saturated heterocycles. The number of ether oxygens (including phenoxy) is 3. The third-order valence-electron chi connectivity index (χ3n) is 9.27. The molecule has 13 N–H and O–H groups in total. The lowest BCUT2D eigenvalue weighted by molar-refractivity contribution is -0.138. The number of aliphatic hydroxyl groups is 6. The zero-order valence-corrected chi connectivity index (χ0v) is 31.6. The van der Waals surface area contributed by atoms with Crippen molar-refractivity contribution in [2.75, 3.05) is 30.4 Å². The van der Waals surface area contributed by atoms with Crippen LogP contribution in [-0.2, 0) is 41.2 Å². The zero-order valence-electron chi connectivity index (χ0n) is 29.8. The summed E-state index contributed by atoms with van der Waals surface area (Å²) in [5.41, 5.74) is 15.1. The highest BCUT2D eigenvalue weighted by molar-refractivity contribution is 7.61. The molecule has 2 unspecified atom stereocenters. The van der Waals surface area contributed by atoms with Crippen LogP contribution in [0.15, 0.2) is 46.8 Å². The van der Waals surface area contributed by atoms with E-state index in [0.717, 1.165) is 38.7 Å². The molecule has 0 saturated carbocycles. The first-order chi connectivity index (χ1) is 27.9. The molecule has 7 heterocycles. The third-order valence-corrected chi connectivity index (χ3v) is 12.3. The molecule has 3 aliphatic rings. The van der Waals surface area contributed by atoms with Gasteiger partial charge in [-0.25, -0.2) is 33.7 Å². The molecule has 3 fully saturated rings. The molecule has 59 heavy (non-hydrogen) atoms. The topological polar surface area (TPSA) is 432 Å². The minimum absolute atomic E-state index is 0.0293. The number of hydrogen-bond acceptors (Lipinski definition) is 25. The summed E-state index contributed by atoms with van der Waals surface area (Å²) in [6, 6.07) is 2.44. The van der Waals surface area contributed by atoms with E-state index in [-0.39, 0.29) is 28.6 Å². The van der Waals surface area contributed by atoms with Gasteiger partial charge in [0.25, 0.3) is 0 Å². The molecule has 0 aromatic carbocycles. The first-order valence-electron chi connectivity index (χ1n) is 17.1. The van der Waals surface area contributed by atoms with E-state index in [1.54, 1.807) is 0 Å². The molecule has 0 amide bonds. The van der Waals surface area contributed by atoms with Gasteiger partial charge in [-0.05, 0) is 12.1 Å². The molecule has 14 atom stereocenters. The van der Waals surface area contributed by atoms with Crippen LogP contribution in [0.25, 0.3) is 11.2 Å². The molecule has 0 radical (unpaired) electrons. The Kier molecular flexibility index (Phi) is 12.0. The van der Waals surface area contributed by atoms with Crippen molar-refractivity contribution in [2.24, 2.45) is 0 Å². The maximum atomic E-state index is 14.2. The van der Waals surface area contributed by atoms with Gasteiger partial charge in [-0.2, -0.15) is 14.3 Å². The molecule has 4 aromatic heterocycles. The van der Waals surface area contributed by atoms with Gasteiger partial charge in [0.1, 0.15) is 66.2 Å². The third kappa shape index (κ3) is 8.63. The molecular formula is C28H37N11O18P2. The lowest BCUT2D eigenvalue weighted by Crippen LogP contribution is -2.36. The maximum absolute atomic E-state index is 14.2. The second-order valence-electron chi connectivity index (χ2n) is 13.2. The van der Waals surface area contributed by atoms with Crippen LogP contribution in [0.2, 0.25) is 0 Å². The van der Waals surface area contributed by atoms with Gasteiger partial charge >= 0.3 is 27.0 Å². The van der Waals surface area contributed by atoms with Crippen molar-refractivity contribution >= 4 is 44.3 Å². The summed E-state index contributed by atoms with van der Waals surface area (Å²) in [4.78, 5) is 54.3. The van der Waals surface area contributed by atoms with Crippen LogP contribution in [0.1, 0.15) is 25.1 Å². The number of aliphatic hydroxyl groups excluding tert-OH is 6. The van der Waals surface area contributed by atoms with Gasteiger partial charge in [0.05, 0.1) is 25.6 Å². The van der Waals surface area contributed by atoms with Gasteiger partial charge in [-0.1, -0.05) is 0 Å². The fraction of sp³-hybridized carbons (Fsp3) is 0.536. The van der Waals surface area contributed by atoms with Crippen molar-refractivity contribution in [3.63, 3.8) is 0 Å². The number of anilines is 3. The minimum Gasteiger partial charge on any atom is -0.388 e. The van der Waals surface area contributed by atoms with Crippen LogP contribution in [-0.4, -0.2) is 142 Å². The van der Waals surface area contributed by atoms with Crippen molar-refractivity contribution in [1.29, 1.82) is 0 Å². The molecule has 29 nitrogen and oxygen atoms in total. The van der Waals surface area contributed by atoms with Gasteiger partial charge in [-0.3, -0.25) is 27.3 Å². The summed E-state index contributed by atoms with van der Waals surface area (Å²) >= 11 is 0. The Labute approximate surface area is 328 Å². The fourth-order valence-corrected chi connectivity index (χ4v) is 9.03. The normalized spacial score (nSPS) is 33.0. The van der Waals surface area contributed by atoms with Gasteiger partial charge < -0.3 is 66.9 Å². The van der Waals surface area contributed by atoms with E-state index >= 15 is 0 Å². The van der Waals surface area contributed by atoms with Gasteiger partial charge in [0, 0.05) is 18.8 Å². The number of aromatic nitrogens is 8. The number of phosphoric acid groups is 2. The predicted molar refractivity (Wildman–Crippen MR) is 189 cm³/mol. The Balaban J connectivity index is 1.07. The van der Waals surface area contributed by atoms with Crippen molar-refractivity contribution in [3.8, 4) is 0 Å². The second kappa shape index (κ2) is 16.6. The number of fused-ring (bicyclic) bond motifs is 1. The van der Waals surface area contributed by atoms with Crippen LogP contribution in [0.3, 0.4) is 0 Å². The molecule has 3 aliphatic heterocycles. The molecule has 0 spiro atoms. The highest BCUT2D eigenvalue weighted by Crippen LogP contribution is 2.65. The molecule has 322 valence electrons. The van der Waals surface area contributed by atoms with Crippen LogP contribution >= 0.6 is 15.6 Å². The number of nitrogen functional groups attached to an aromatic ring is 3.